The molecule has 1 N–H and O–H groups in total. The second-order valence-corrected chi connectivity index (χ2v) is 6.35. The van der Waals surface area contributed by atoms with E-state index in [0.29, 0.717) is 13.1 Å². The van der Waals surface area contributed by atoms with Crippen molar-refractivity contribution in [1.82, 2.24) is 4.90 Å². The average molecular weight is 290 g/mol. The molecule has 1 saturated heterocycles. The summed E-state index contributed by atoms with van der Waals surface area (Å²) in [5.41, 5.74) is 1.37. The third-order valence-corrected chi connectivity index (χ3v) is 3.58. The number of rotatable bonds is 4. The van der Waals surface area contributed by atoms with Gasteiger partial charge < -0.3 is 15.0 Å². The van der Waals surface area contributed by atoms with Crippen molar-refractivity contribution in [2.75, 3.05) is 25.0 Å². The number of morpholine rings is 1. The first-order valence-electron chi connectivity index (χ1n) is 7.73. The molecule has 0 radical (unpaired) electrons. The van der Waals surface area contributed by atoms with Crippen LogP contribution in [0.4, 0.5) is 5.69 Å². The summed E-state index contributed by atoms with van der Waals surface area (Å²) in [5.74, 6) is 0.0810. The van der Waals surface area contributed by atoms with Gasteiger partial charge in [0.05, 0.1) is 17.3 Å². The molecule has 0 aliphatic carbocycles. The summed E-state index contributed by atoms with van der Waals surface area (Å²) in [5, 5.41) is 3.34. The molecule has 1 heterocycles. The molecular weight excluding hydrogens is 264 g/mol. The summed E-state index contributed by atoms with van der Waals surface area (Å²) in [6, 6.07) is 7.74. The van der Waals surface area contributed by atoms with Gasteiger partial charge in [0.2, 0.25) is 0 Å². The Balaban J connectivity index is 2.19. The lowest BCUT2D eigenvalue weighted by atomic mass is 10.0. The smallest absolute Gasteiger partial charge is 0.256 e. The van der Waals surface area contributed by atoms with E-state index in [1.165, 1.54) is 0 Å². The number of benzene rings is 1. The lowest BCUT2D eigenvalue weighted by Crippen LogP contribution is -2.53. The Morgan fingerprint density at radius 3 is 2.81 bits per heavy atom. The molecular formula is C17H26N2O2. The van der Waals surface area contributed by atoms with Crippen LogP contribution in [-0.4, -0.2) is 42.1 Å². The van der Waals surface area contributed by atoms with Crippen LogP contribution in [0.15, 0.2) is 24.3 Å². The topological polar surface area (TPSA) is 41.6 Å². The Bertz CT molecular complexity index is 499. The summed E-state index contributed by atoms with van der Waals surface area (Å²) in [6.07, 6.45) is 1.10. The lowest BCUT2D eigenvalue weighted by molar-refractivity contribution is -0.118. The summed E-state index contributed by atoms with van der Waals surface area (Å²) >= 11 is 0. The molecule has 0 bridgehead atoms. The molecule has 21 heavy (non-hydrogen) atoms. The van der Waals surface area contributed by atoms with E-state index in [1.807, 2.05) is 49.9 Å². The monoisotopic (exact) mass is 290 g/mol. The number of amides is 1. The molecule has 0 spiro atoms. The number of hydrogen-bond donors (Lipinski definition) is 1. The number of nitrogens with one attached hydrogen (secondary N) is 1. The van der Waals surface area contributed by atoms with Crippen LogP contribution in [0.1, 0.15) is 44.5 Å². The van der Waals surface area contributed by atoms with Gasteiger partial charge in [-0.2, -0.15) is 0 Å². The number of para-hydroxylation sites is 1. The summed E-state index contributed by atoms with van der Waals surface area (Å²) in [6.45, 7) is 10.3. The molecule has 4 heteroatoms. The van der Waals surface area contributed by atoms with Gasteiger partial charge in [0.25, 0.3) is 5.91 Å². The molecule has 0 aromatic heterocycles. The number of ether oxygens (including phenoxy) is 1. The molecule has 0 saturated carbocycles. The van der Waals surface area contributed by atoms with Crippen molar-refractivity contribution in [3.05, 3.63) is 29.8 Å². The van der Waals surface area contributed by atoms with Gasteiger partial charge in [-0.25, -0.2) is 0 Å². The van der Waals surface area contributed by atoms with E-state index in [2.05, 4.69) is 12.2 Å². The van der Waals surface area contributed by atoms with Gasteiger partial charge in [-0.1, -0.05) is 19.1 Å². The van der Waals surface area contributed by atoms with Crippen molar-refractivity contribution >= 4 is 11.6 Å². The van der Waals surface area contributed by atoms with Crippen LogP contribution in [0.2, 0.25) is 0 Å². The minimum atomic E-state index is -0.293. The molecule has 4 nitrogen and oxygen atoms in total. The first-order valence-corrected chi connectivity index (χ1v) is 7.73. The number of carbonyl (C=O) groups is 1. The molecule has 1 fully saturated rings. The molecule has 116 valence electrons. The van der Waals surface area contributed by atoms with E-state index >= 15 is 0 Å². The molecule has 1 unspecified atom stereocenters. The SMILES string of the molecule is CCCNc1ccccc1C(=O)N1CC(C)OC(C)(C)C1. The fourth-order valence-corrected chi connectivity index (χ4v) is 2.86. The van der Waals surface area contributed by atoms with Crippen LogP contribution >= 0.6 is 0 Å². The Morgan fingerprint density at radius 2 is 2.14 bits per heavy atom. The summed E-state index contributed by atoms with van der Waals surface area (Å²) < 4.78 is 5.88. The van der Waals surface area contributed by atoms with E-state index in [9.17, 15) is 4.79 Å². The fraction of sp³-hybridized carbons (Fsp3) is 0.588. The van der Waals surface area contributed by atoms with E-state index in [0.717, 1.165) is 24.2 Å². The molecule has 1 aliphatic heterocycles. The normalized spacial score (nSPS) is 21.1. The van der Waals surface area contributed by atoms with Crippen molar-refractivity contribution in [2.24, 2.45) is 0 Å². The Hall–Kier alpha value is -1.55. The number of anilines is 1. The zero-order valence-electron chi connectivity index (χ0n) is 13.5. The highest BCUT2D eigenvalue weighted by Crippen LogP contribution is 2.24. The first-order chi connectivity index (χ1) is 9.93. The Morgan fingerprint density at radius 1 is 1.43 bits per heavy atom. The van der Waals surface area contributed by atoms with Gasteiger partial charge in [0.1, 0.15) is 0 Å². The van der Waals surface area contributed by atoms with Crippen LogP contribution < -0.4 is 5.32 Å². The van der Waals surface area contributed by atoms with Crippen LogP contribution in [0.25, 0.3) is 0 Å². The third kappa shape index (κ3) is 3.97. The molecule has 1 aromatic rings. The second-order valence-electron chi connectivity index (χ2n) is 6.35. The second kappa shape index (κ2) is 6.48. The number of nitrogens with zero attached hydrogens (tertiary/aromatic N) is 1. The van der Waals surface area contributed by atoms with Crippen LogP contribution in [-0.2, 0) is 4.74 Å². The van der Waals surface area contributed by atoms with Crippen LogP contribution in [0, 0.1) is 0 Å². The highest BCUT2D eigenvalue weighted by molar-refractivity contribution is 5.99. The fourth-order valence-electron chi connectivity index (χ4n) is 2.86. The summed E-state index contributed by atoms with van der Waals surface area (Å²) in [4.78, 5) is 14.8. The number of carbonyl (C=O) groups excluding carboxylic acids is 1. The predicted octanol–water partition coefficient (Wildman–Crippen LogP) is 3.15. The van der Waals surface area contributed by atoms with Crippen molar-refractivity contribution < 1.29 is 9.53 Å². The zero-order valence-corrected chi connectivity index (χ0v) is 13.5. The standard InChI is InChI=1S/C17H26N2O2/c1-5-10-18-15-9-7-6-8-14(15)16(20)19-11-13(2)21-17(3,4)12-19/h6-9,13,18H,5,10-12H2,1-4H3. The van der Waals surface area contributed by atoms with Gasteiger partial charge in [0.15, 0.2) is 0 Å². The molecule has 1 amide bonds. The zero-order chi connectivity index (χ0) is 15.5. The van der Waals surface area contributed by atoms with Gasteiger partial charge in [-0.15, -0.1) is 0 Å². The van der Waals surface area contributed by atoms with E-state index in [1.54, 1.807) is 0 Å². The van der Waals surface area contributed by atoms with Crippen LogP contribution in [0.5, 0.6) is 0 Å². The maximum absolute atomic E-state index is 12.8. The Labute approximate surface area is 127 Å². The van der Waals surface area contributed by atoms with E-state index < -0.39 is 0 Å². The highest BCUT2D eigenvalue weighted by Gasteiger charge is 2.34. The van der Waals surface area contributed by atoms with Crippen LogP contribution in [0.3, 0.4) is 0 Å². The number of hydrogen-bond acceptors (Lipinski definition) is 3. The van der Waals surface area contributed by atoms with Gasteiger partial charge in [0, 0.05) is 25.3 Å². The maximum Gasteiger partial charge on any atom is 0.256 e. The van der Waals surface area contributed by atoms with Gasteiger partial charge in [-0.05, 0) is 39.3 Å². The van der Waals surface area contributed by atoms with Crippen molar-refractivity contribution in [1.29, 1.82) is 0 Å². The maximum atomic E-state index is 12.8. The minimum absolute atomic E-state index is 0.0634. The molecule has 1 atom stereocenters. The van der Waals surface area contributed by atoms with Gasteiger partial charge in [-0.3, -0.25) is 4.79 Å². The van der Waals surface area contributed by atoms with Gasteiger partial charge >= 0.3 is 0 Å². The largest absolute Gasteiger partial charge is 0.384 e. The predicted molar refractivity (Wildman–Crippen MR) is 85.8 cm³/mol. The van der Waals surface area contributed by atoms with E-state index in [4.69, 9.17) is 4.74 Å². The Kier molecular flexibility index (Phi) is 4.88. The summed E-state index contributed by atoms with van der Waals surface area (Å²) in [7, 11) is 0. The molecule has 1 aromatic carbocycles. The van der Waals surface area contributed by atoms with Crippen molar-refractivity contribution in [3.63, 3.8) is 0 Å². The van der Waals surface area contributed by atoms with E-state index in [-0.39, 0.29) is 17.6 Å². The third-order valence-electron chi connectivity index (χ3n) is 3.58. The quantitative estimate of drug-likeness (QED) is 0.926. The van der Waals surface area contributed by atoms with Crippen molar-refractivity contribution in [2.45, 2.75) is 45.8 Å². The average Bonchev–Trinajstić information content (AvgIpc) is 2.42. The molecule has 1 aliphatic rings. The molecule has 2 rings (SSSR count). The lowest BCUT2D eigenvalue weighted by Gasteiger charge is -2.41. The van der Waals surface area contributed by atoms with Crippen molar-refractivity contribution in [3.8, 4) is 0 Å². The highest BCUT2D eigenvalue weighted by atomic mass is 16.5. The first kappa shape index (κ1) is 15.8. The minimum Gasteiger partial charge on any atom is -0.384 e.